The van der Waals surface area contributed by atoms with Crippen molar-refractivity contribution in [2.75, 3.05) is 13.1 Å². The number of rotatable bonds is 4. The van der Waals surface area contributed by atoms with Crippen molar-refractivity contribution >= 4 is 12.1 Å². The van der Waals surface area contributed by atoms with E-state index in [1.165, 1.54) is 6.26 Å². The van der Waals surface area contributed by atoms with E-state index in [4.69, 9.17) is 9.15 Å². The number of likely N-dealkylation sites (tertiary alicyclic amines) is 1. The van der Waals surface area contributed by atoms with Crippen molar-refractivity contribution in [1.29, 1.82) is 0 Å². The Labute approximate surface area is 135 Å². The lowest BCUT2D eigenvalue weighted by atomic mass is 10.0. The molecule has 0 spiro atoms. The fraction of sp³-hybridized carbons (Fsp3) is 0.625. The zero-order valence-corrected chi connectivity index (χ0v) is 13.7. The van der Waals surface area contributed by atoms with Crippen molar-refractivity contribution < 1.29 is 23.8 Å². The molecule has 1 atom stereocenters. The number of furan rings is 1. The number of nitrogens with one attached hydrogen (secondary N) is 1. The number of aliphatic carboxylic acids is 1. The molecule has 128 valence electrons. The fourth-order valence-electron chi connectivity index (χ4n) is 2.68. The quantitative estimate of drug-likeness (QED) is 0.883. The molecule has 0 unspecified atom stereocenters. The van der Waals surface area contributed by atoms with E-state index in [2.05, 4.69) is 5.32 Å². The van der Waals surface area contributed by atoms with Crippen LogP contribution in [0.2, 0.25) is 0 Å². The van der Waals surface area contributed by atoms with Gasteiger partial charge in [-0.3, -0.25) is 9.69 Å². The standard InChI is InChI=1S/C16H24N2O5/c1-16(2,3)23-15(21)17-11-6-8-18(9-7-11)13(14(19)20)12-5-4-10-22-12/h4-5,10-11,13H,6-9H2,1-3H3,(H,17,21)(H,19,20)/t13-/m1/s1. The van der Waals surface area contributed by atoms with Crippen LogP contribution < -0.4 is 5.32 Å². The van der Waals surface area contributed by atoms with Crippen LogP contribution in [0.5, 0.6) is 0 Å². The average molecular weight is 324 g/mol. The van der Waals surface area contributed by atoms with E-state index in [9.17, 15) is 14.7 Å². The number of nitrogens with zero attached hydrogens (tertiary/aromatic N) is 1. The molecule has 0 aliphatic carbocycles. The molecule has 1 aliphatic rings. The molecule has 0 saturated carbocycles. The second kappa shape index (κ2) is 7.04. The zero-order chi connectivity index (χ0) is 17.0. The highest BCUT2D eigenvalue weighted by atomic mass is 16.6. The van der Waals surface area contributed by atoms with Crippen LogP contribution in [0.15, 0.2) is 22.8 Å². The molecule has 1 saturated heterocycles. The molecule has 2 rings (SSSR count). The summed E-state index contributed by atoms with van der Waals surface area (Å²) in [6, 6.07) is 2.56. The first kappa shape index (κ1) is 17.3. The first-order valence-corrected chi connectivity index (χ1v) is 7.76. The molecule has 0 radical (unpaired) electrons. The van der Waals surface area contributed by atoms with Gasteiger partial charge in [-0.05, 0) is 45.7 Å². The molecule has 1 fully saturated rings. The number of piperidine rings is 1. The van der Waals surface area contributed by atoms with Crippen molar-refractivity contribution in [3.63, 3.8) is 0 Å². The normalized spacial score (nSPS) is 18.4. The number of hydrogen-bond acceptors (Lipinski definition) is 5. The number of carboxylic acid groups (broad SMARTS) is 1. The van der Waals surface area contributed by atoms with E-state index in [0.717, 1.165) is 0 Å². The smallest absolute Gasteiger partial charge is 0.407 e. The van der Waals surface area contributed by atoms with Crippen molar-refractivity contribution in [3.8, 4) is 0 Å². The molecular formula is C16H24N2O5. The Bertz CT molecular complexity index is 527. The lowest BCUT2D eigenvalue weighted by Crippen LogP contribution is -2.48. The number of hydrogen-bond donors (Lipinski definition) is 2. The number of carbonyl (C=O) groups excluding carboxylic acids is 1. The minimum Gasteiger partial charge on any atom is -0.480 e. The predicted molar refractivity (Wildman–Crippen MR) is 83.0 cm³/mol. The summed E-state index contributed by atoms with van der Waals surface area (Å²) in [5.74, 6) is -0.505. The van der Waals surface area contributed by atoms with Gasteiger partial charge in [0.05, 0.1) is 6.26 Å². The van der Waals surface area contributed by atoms with Crippen LogP contribution in [0.4, 0.5) is 4.79 Å². The van der Waals surface area contributed by atoms with E-state index >= 15 is 0 Å². The highest BCUT2D eigenvalue weighted by Crippen LogP contribution is 2.25. The van der Waals surface area contributed by atoms with E-state index < -0.39 is 23.7 Å². The van der Waals surface area contributed by atoms with Gasteiger partial charge in [-0.1, -0.05) is 0 Å². The molecule has 1 aliphatic heterocycles. The second-order valence-corrected chi connectivity index (χ2v) is 6.71. The Morgan fingerprint density at radius 2 is 2.04 bits per heavy atom. The van der Waals surface area contributed by atoms with Crippen molar-refractivity contribution in [1.82, 2.24) is 10.2 Å². The Hall–Kier alpha value is -2.02. The van der Waals surface area contributed by atoms with Gasteiger partial charge in [-0.25, -0.2) is 4.79 Å². The number of amides is 1. The van der Waals surface area contributed by atoms with Gasteiger partial charge in [0.15, 0.2) is 6.04 Å². The summed E-state index contributed by atoms with van der Waals surface area (Å²) < 4.78 is 10.5. The van der Waals surface area contributed by atoms with Crippen LogP contribution in [0, 0.1) is 0 Å². The Morgan fingerprint density at radius 3 is 2.52 bits per heavy atom. The van der Waals surface area contributed by atoms with Gasteiger partial charge in [-0.2, -0.15) is 0 Å². The molecule has 7 nitrogen and oxygen atoms in total. The maximum Gasteiger partial charge on any atom is 0.407 e. The third-order valence-electron chi connectivity index (χ3n) is 3.66. The Balaban J connectivity index is 1.88. The van der Waals surface area contributed by atoms with Crippen molar-refractivity contribution in [2.45, 2.75) is 51.3 Å². The van der Waals surface area contributed by atoms with Gasteiger partial charge in [-0.15, -0.1) is 0 Å². The first-order chi connectivity index (χ1) is 10.8. The largest absolute Gasteiger partial charge is 0.480 e. The second-order valence-electron chi connectivity index (χ2n) is 6.71. The van der Waals surface area contributed by atoms with E-state index in [1.54, 1.807) is 12.1 Å². The van der Waals surface area contributed by atoms with E-state index in [0.29, 0.717) is 31.7 Å². The highest BCUT2D eigenvalue weighted by Gasteiger charge is 2.33. The topological polar surface area (TPSA) is 92.0 Å². The summed E-state index contributed by atoms with van der Waals surface area (Å²) in [7, 11) is 0. The number of ether oxygens (including phenoxy) is 1. The predicted octanol–water partition coefficient (Wildman–Crippen LogP) is 2.39. The van der Waals surface area contributed by atoms with Crippen LogP contribution in [0.3, 0.4) is 0 Å². The van der Waals surface area contributed by atoms with E-state index in [-0.39, 0.29) is 6.04 Å². The third kappa shape index (κ3) is 4.99. The van der Waals surface area contributed by atoms with Gasteiger partial charge in [0.2, 0.25) is 0 Å². The average Bonchev–Trinajstić information content (AvgIpc) is 2.92. The van der Waals surface area contributed by atoms with Crippen LogP contribution in [-0.2, 0) is 9.53 Å². The zero-order valence-electron chi connectivity index (χ0n) is 13.7. The molecule has 7 heteroatoms. The van der Waals surface area contributed by atoms with Crippen LogP contribution in [0.25, 0.3) is 0 Å². The highest BCUT2D eigenvalue weighted by molar-refractivity contribution is 5.74. The SMILES string of the molecule is CC(C)(C)OC(=O)NC1CCN([C@@H](C(=O)O)c2ccco2)CC1. The van der Waals surface area contributed by atoms with Gasteiger partial charge in [0.25, 0.3) is 0 Å². The summed E-state index contributed by atoms with van der Waals surface area (Å²) in [6.07, 6.45) is 2.38. The number of carboxylic acids is 1. The summed E-state index contributed by atoms with van der Waals surface area (Å²) in [4.78, 5) is 25.2. The maximum absolute atomic E-state index is 11.8. The molecule has 0 aromatic carbocycles. The third-order valence-corrected chi connectivity index (χ3v) is 3.66. The van der Waals surface area contributed by atoms with Crippen LogP contribution >= 0.6 is 0 Å². The van der Waals surface area contributed by atoms with E-state index in [1.807, 2.05) is 25.7 Å². The van der Waals surface area contributed by atoms with Crippen molar-refractivity contribution in [2.24, 2.45) is 0 Å². The maximum atomic E-state index is 11.8. The fourth-order valence-corrected chi connectivity index (χ4v) is 2.68. The molecule has 2 heterocycles. The number of alkyl carbamates (subject to hydrolysis) is 1. The van der Waals surface area contributed by atoms with Crippen molar-refractivity contribution in [3.05, 3.63) is 24.2 Å². The molecule has 23 heavy (non-hydrogen) atoms. The van der Waals surface area contributed by atoms with Gasteiger partial charge in [0, 0.05) is 19.1 Å². The Kier molecular flexibility index (Phi) is 5.30. The van der Waals surface area contributed by atoms with Gasteiger partial charge < -0.3 is 19.6 Å². The van der Waals surface area contributed by atoms with Crippen LogP contribution in [-0.4, -0.2) is 46.8 Å². The molecule has 2 N–H and O–H groups in total. The molecular weight excluding hydrogens is 300 g/mol. The monoisotopic (exact) mass is 324 g/mol. The lowest BCUT2D eigenvalue weighted by Gasteiger charge is -2.35. The molecule has 1 aromatic heterocycles. The van der Waals surface area contributed by atoms with Crippen LogP contribution in [0.1, 0.15) is 45.4 Å². The number of carbonyl (C=O) groups is 2. The molecule has 1 amide bonds. The molecule has 0 bridgehead atoms. The summed E-state index contributed by atoms with van der Waals surface area (Å²) in [6.45, 7) is 6.58. The Morgan fingerprint density at radius 1 is 1.39 bits per heavy atom. The van der Waals surface area contributed by atoms with Gasteiger partial charge >= 0.3 is 12.1 Å². The summed E-state index contributed by atoms with van der Waals surface area (Å²) >= 11 is 0. The molecule has 1 aromatic rings. The lowest BCUT2D eigenvalue weighted by molar-refractivity contribution is -0.144. The van der Waals surface area contributed by atoms with Gasteiger partial charge in [0.1, 0.15) is 11.4 Å². The summed E-state index contributed by atoms with van der Waals surface area (Å²) in [5, 5.41) is 12.3. The first-order valence-electron chi connectivity index (χ1n) is 7.76. The summed E-state index contributed by atoms with van der Waals surface area (Å²) in [5.41, 5.74) is -0.529. The minimum atomic E-state index is -0.932. The minimum absolute atomic E-state index is 0.00727.